The molecule has 0 radical (unpaired) electrons. The summed E-state index contributed by atoms with van der Waals surface area (Å²) in [5.74, 6) is -1.71. The lowest BCUT2D eigenvalue weighted by molar-refractivity contribution is -0.130. The van der Waals surface area contributed by atoms with Crippen LogP contribution in [0.2, 0.25) is 5.02 Å². The van der Waals surface area contributed by atoms with Gasteiger partial charge in [0.05, 0.1) is 11.9 Å². The number of amides is 2. The Balaban J connectivity index is 2.88. The Kier molecular flexibility index (Phi) is 12.1. The Morgan fingerprint density at radius 2 is 1.75 bits per heavy atom. The van der Waals surface area contributed by atoms with Crippen LogP contribution in [0, 0.1) is 5.92 Å². The molecule has 0 bridgehead atoms. The number of nitrogens with one attached hydrogen (secondary N) is 3. The molecule has 1 aromatic rings. The molecule has 0 aliphatic heterocycles. The molecule has 2 amide bonds. The first kappa shape index (κ1) is 27.7. The standard InChI is InChI=1S/C21H35BClN5O4/c1-13(2)12-18(22(31)32)28-20(30)17(6-5-11-26-21(24)25-4)27-19(29)14(3)15-7-9-16(23)10-8-15/h7-10,13-14,17-18,31-32H,5-6,11-12H2,1-4H3,(H,27,29)(H,28,30)(H3,24,25,26)/t14?,17-,18-/m0/s1. The average Bonchev–Trinajstić information content (AvgIpc) is 2.74. The van der Waals surface area contributed by atoms with E-state index in [0.29, 0.717) is 30.8 Å². The number of guanidine groups is 1. The Morgan fingerprint density at radius 1 is 1.12 bits per heavy atom. The summed E-state index contributed by atoms with van der Waals surface area (Å²) in [5.41, 5.74) is 6.38. The van der Waals surface area contributed by atoms with Gasteiger partial charge < -0.3 is 31.7 Å². The van der Waals surface area contributed by atoms with E-state index in [1.165, 1.54) is 0 Å². The lowest BCUT2D eigenvalue weighted by Crippen LogP contribution is -2.54. The lowest BCUT2D eigenvalue weighted by atomic mass is 9.75. The van der Waals surface area contributed by atoms with E-state index in [9.17, 15) is 19.6 Å². The molecule has 0 fully saturated rings. The number of nitrogens with zero attached hydrogens (tertiary/aromatic N) is 1. The van der Waals surface area contributed by atoms with E-state index in [-0.39, 0.29) is 17.8 Å². The predicted molar refractivity (Wildman–Crippen MR) is 128 cm³/mol. The highest BCUT2D eigenvalue weighted by Crippen LogP contribution is 2.19. The second kappa shape index (κ2) is 14.0. The van der Waals surface area contributed by atoms with Gasteiger partial charge in [0.2, 0.25) is 11.8 Å². The second-order valence-corrected chi connectivity index (χ2v) is 8.61. The van der Waals surface area contributed by atoms with E-state index in [0.717, 1.165) is 5.56 Å². The van der Waals surface area contributed by atoms with E-state index in [1.807, 2.05) is 13.8 Å². The summed E-state index contributed by atoms with van der Waals surface area (Å²) >= 11 is 5.92. The molecule has 0 heterocycles. The quantitative estimate of drug-likeness (QED) is 0.116. The number of nitrogens with two attached hydrogens (primary N) is 1. The first-order valence-corrected chi connectivity index (χ1v) is 11.1. The minimum atomic E-state index is -1.70. The minimum absolute atomic E-state index is 0.139. The molecule has 32 heavy (non-hydrogen) atoms. The summed E-state index contributed by atoms with van der Waals surface area (Å²) in [6, 6.07) is 6.08. The summed E-state index contributed by atoms with van der Waals surface area (Å²) in [4.78, 5) is 29.6. The fourth-order valence-electron chi connectivity index (χ4n) is 3.12. The molecule has 0 spiro atoms. The van der Waals surface area contributed by atoms with Gasteiger partial charge in [0.1, 0.15) is 6.04 Å². The molecule has 178 valence electrons. The molecule has 1 rings (SSSR count). The Morgan fingerprint density at radius 3 is 2.28 bits per heavy atom. The van der Waals surface area contributed by atoms with Crippen molar-refractivity contribution in [2.75, 3.05) is 13.6 Å². The Hall–Kier alpha value is -2.30. The maximum atomic E-state index is 12.9. The first-order valence-electron chi connectivity index (χ1n) is 10.7. The van der Waals surface area contributed by atoms with Crippen LogP contribution in [0.4, 0.5) is 0 Å². The fourth-order valence-corrected chi connectivity index (χ4v) is 3.24. The van der Waals surface area contributed by atoms with Gasteiger partial charge >= 0.3 is 7.12 Å². The van der Waals surface area contributed by atoms with Crippen molar-refractivity contribution in [1.82, 2.24) is 16.0 Å². The number of carbonyl (C=O) groups excluding carboxylic acids is 2. The number of hydrogen-bond donors (Lipinski definition) is 6. The van der Waals surface area contributed by atoms with Gasteiger partial charge in [-0.2, -0.15) is 0 Å². The van der Waals surface area contributed by atoms with Crippen LogP contribution in [0.25, 0.3) is 0 Å². The van der Waals surface area contributed by atoms with E-state index in [2.05, 4.69) is 20.9 Å². The number of aliphatic imine (C=N–C) groups is 1. The number of benzene rings is 1. The molecule has 0 aliphatic carbocycles. The van der Waals surface area contributed by atoms with Crippen molar-refractivity contribution in [2.24, 2.45) is 16.6 Å². The zero-order valence-electron chi connectivity index (χ0n) is 19.1. The van der Waals surface area contributed by atoms with Crippen molar-refractivity contribution in [3.05, 3.63) is 34.9 Å². The third-order valence-electron chi connectivity index (χ3n) is 5.03. The monoisotopic (exact) mass is 467 g/mol. The summed E-state index contributed by atoms with van der Waals surface area (Å²) in [5, 5.41) is 28.2. The third-order valence-corrected chi connectivity index (χ3v) is 5.28. The van der Waals surface area contributed by atoms with Gasteiger partial charge in [0.15, 0.2) is 5.96 Å². The molecule has 0 aromatic heterocycles. The van der Waals surface area contributed by atoms with Gasteiger partial charge in [0, 0.05) is 18.6 Å². The van der Waals surface area contributed by atoms with Crippen LogP contribution in [-0.4, -0.2) is 60.5 Å². The van der Waals surface area contributed by atoms with Crippen LogP contribution in [0.3, 0.4) is 0 Å². The van der Waals surface area contributed by atoms with Gasteiger partial charge in [-0.05, 0) is 49.8 Å². The van der Waals surface area contributed by atoms with Crippen LogP contribution in [0.15, 0.2) is 29.3 Å². The van der Waals surface area contributed by atoms with Crippen molar-refractivity contribution in [2.45, 2.75) is 57.9 Å². The summed E-state index contributed by atoms with van der Waals surface area (Å²) in [6.07, 6.45) is 1.24. The number of hydrogen-bond acceptors (Lipinski definition) is 5. The molecule has 1 aromatic carbocycles. The van der Waals surface area contributed by atoms with Crippen molar-refractivity contribution in [3.8, 4) is 0 Å². The van der Waals surface area contributed by atoms with E-state index < -0.39 is 30.9 Å². The lowest BCUT2D eigenvalue weighted by Gasteiger charge is -2.25. The smallest absolute Gasteiger partial charge is 0.426 e. The van der Waals surface area contributed by atoms with Crippen LogP contribution in [0.5, 0.6) is 0 Å². The minimum Gasteiger partial charge on any atom is -0.426 e. The highest BCUT2D eigenvalue weighted by molar-refractivity contribution is 6.43. The molecular weight excluding hydrogens is 433 g/mol. The summed E-state index contributed by atoms with van der Waals surface area (Å²) in [7, 11) is -0.139. The predicted octanol–water partition coefficient (Wildman–Crippen LogP) is 0.786. The highest BCUT2D eigenvalue weighted by Gasteiger charge is 2.30. The average molecular weight is 468 g/mol. The summed E-state index contributed by atoms with van der Waals surface area (Å²) < 4.78 is 0. The van der Waals surface area contributed by atoms with Crippen LogP contribution < -0.4 is 21.7 Å². The largest absolute Gasteiger partial charge is 0.475 e. The maximum Gasteiger partial charge on any atom is 0.475 e. The third kappa shape index (κ3) is 9.89. The molecule has 3 atom stereocenters. The molecule has 0 saturated carbocycles. The van der Waals surface area contributed by atoms with Crippen molar-refractivity contribution < 1.29 is 19.6 Å². The molecular formula is C21H35BClN5O4. The molecule has 0 aliphatic rings. The van der Waals surface area contributed by atoms with Crippen LogP contribution >= 0.6 is 11.6 Å². The highest BCUT2D eigenvalue weighted by atomic mass is 35.5. The van der Waals surface area contributed by atoms with Crippen LogP contribution in [-0.2, 0) is 9.59 Å². The molecule has 1 unspecified atom stereocenters. The molecule has 7 N–H and O–H groups in total. The number of halogens is 1. The SMILES string of the molecule is CN=C(N)NCCC[C@H](NC(=O)C(C)c1ccc(Cl)cc1)C(=O)N[C@@H](CC(C)C)B(O)O. The van der Waals surface area contributed by atoms with E-state index in [4.69, 9.17) is 17.3 Å². The van der Waals surface area contributed by atoms with Crippen molar-refractivity contribution in [1.29, 1.82) is 0 Å². The van der Waals surface area contributed by atoms with E-state index >= 15 is 0 Å². The van der Waals surface area contributed by atoms with E-state index in [1.54, 1.807) is 38.2 Å². The van der Waals surface area contributed by atoms with Crippen molar-refractivity contribution >= 4 is 36.5 Å². The molecule has 11 heteroatoms. The first-order chi connectivity index (χ1) is 15.0. The van der Waals surface area contributed by atoms with Gasteiger partial charge in [-0.1, -0.05) is 37.6 Å². The Labute approximate surface area is 195 Å². The van der Waals surface area contributed by atoms with Gasteiger partial charge in [-0.3, -0.25) is 14.6 Å². The van der Waals surface area contributed by atoms with Crippen LogP contribution in [0.1, 0.15) is 51.5 Å². The fraction of sp³-hybridized carbons (Fsp3) is 0.571. The van der Waals surface area contributed by atoms with Gasteiger partial charge in [0.25, 0.3) is 0 Å². The summed E-state index contributed by atoms with van der Waals surface area (Å²) in [6.45, 7) is 6.04. The molecule has 9 nitrogen and oxygen atoms in total. The van der Waals surface area contributed by atoms with Crippen molar-refractivity contribution in [3.63, 3.8) is 0 Å². The zero-order chi connectivity index (χ0) is 24.3. The maximum absolute atomic E-state index is 12.9. The van der Waals surface area contributed by atoms with Gasteiger partial charge in [-0.25, -0.2) is 0 Å². The Bertz CT molecular complexity index is 761. The second-order valence-electron chi connectivity index (χ2n) is 8.17. The normalized spacial score (nSPS) is 14.4. The number of carbonyl (C=O) groups is 2. The number of rotatable bonds is 12. The molecule has 0 saturated heterocycles. The topological polar surface area (TPSA) is 149 Å². The van der Waals surface area contributed by atoms with Gasteiger partial charge in [-0.15, -0.1) is 0 Å². The zero-order valence-corrected chi connectivity index (χ0v) is 19.9.